The molecule has 2 heterocycles. The normalized spacial score (nSPS) is 34.9. The first-order valence-electron chi connectivity index (χ1n) is 10.8. The number of pyridine rings is 1. The molecule has 4 aliphatic carbocycles. The van der Waals surface area contributed by atoms with Crippen LogP contribution in [0, 0.1) is 23.2 Å². The number of hydrogen-bond donors (Lipinski definition) is 1. The molecule has 1 amide bonds. The molecular weight excluding hydrogens is 338 g/mol. The third-order valence-electron chi connectivity index (χ3n) is 7.72. The molecule has 146 valence electrons. The highest BCUT2D eigenvalue weighted by molar-refractivity contribution is 5.76. The van der Waals surface area contributed by atoms with Gasteiger partial charge >= 0.3 is 0 Å². The molecule has 1 aliphatic heterocycles. The van der Waals surface area contributed by atoms with Crippen LogP contribution in [0.3, 0.4) is 0 Å². The second-order valence-electron chi connectivity index (χ2n) is 9.66. The number of rotatable bonds is 4. The Morgan fingerprint density at radius 3 is 2.22 bits per heavy atom. The minimum atomic E-state index is 0.192. The molecule has 5 fully saturated rings. The molecule has 0 radical (unpaired) electrons. The van der Waals surface area contributed by atoms with E-state index in [-0.39, 0.29) is 5.75 Å². The van der Waals surface area contributed by atoms with E-state index in [0.717, 1.165) is 62.6 Å². The molecule has 0 spiro atoms. The number of carbonyl (C=O) groups is 1. The van der Waals surface area contributed by atoms with Crippen molar-refractivity contribution in [2.24, 2.45) is 23.2 Å². The summed E-state index contributed by atoms with van der Waals surface area (Å²) in [4.78, 5) is 21.4. The number of amides is 1. The fourth-order valence-corrected chi connectivity index (χ4v) is 6.88. The summed E-state index contributed by atoms with van der Waals surface area (Å²) in [6, 6.07) is 3.52. The summed E-state index contributed by atoms with van der Waals surface area (Å²) >= 11 is 0. The number of nitrogens with zero attached hydrogens (tertiary/aromatic N) is 3. The highest BCUT2D eigenvalue weighted by atomic mass is 16.3. The van der Waals surface area contributed by atoms with Crippen molar-refractivity contribution in [3.8, 4) is 5.75 Å². The molecule has 1 aromatic heterocycles. The first-order valence-corrected chi connectivity index (χ1v) is 10.8. The highest BCUT2D eigenvalue weighted by Gasteiger charge is 2.50. The van der Waals surface area contributed by atoms with Gasteiger partial charge in [0, 0.05) is 32.6 Å². The molecule has 0 unspecified atom stereocenters. The van der Waals surface area contributed by atoms with Crippen LogP contribution in [0.15, 0.2) is 18.3 Å². The van der Waals surface area contributed by atoms with Crippen LogP contribution < -0.4 is 4.90 Å². The molecule has 0 aromatic carbocycles. The minimum absolute atomic E-state index is 0.192. The number of anilines is 1. The summed E-state index contributed by atoms with van der Waals surface area (Å²) < 4.78 is 0. The summed E-state index contributed by atoms with van der Waals surface area (Å²) in [6.45, 7) is 3.20. The number of aromatic nitrogens is 1. The molecule has 5 aliphatic rings. The van der Waals surface area contributed by atoms with Gasteiger partial charge in [-0.05, 0) is 80.2 Å². The van der Waals surface area contributed by atoms with Crippen LogP contribution in [0.25, 0.3) is 0 Å². The van der Waals surface area contributed by atoms with Crippen LogP contribution >= 0.6 is 0 Å². The topological polar surface area (TPSA) is 56.7 Å². The largest absolute Gasteiger partial charge is 0.506 e. The van der Waals surface area contributed by atoms with Gasteiger partial charge in [0.05, 0.1) is 6.20 Å². The van der Waals surface area contributed by atoms with Crippen LogP contribution in [0.4, 0.5) is 5.82 Å². The van der Waals surface area contributed by atoms with Gasteiger partial charge in [0.1, 0.15) is 11.6 Å². The average Bonchev–Trinajstić information content (AvgIpc) is 2.66. The highest BCUT2D eigenvalue weighted by Crippen LogP contribution is 2.61. The van der Waals surface area contributed by atoms with Gasteiger partial charge < -0.3 is 14.9 Å². The van der Waals surface area contributed by atoms with Gasteiger partial charge in [0.2, 0.25) is 5.91 Å². The maximum absolute atomic E-state index is 12.8. The van der Waals surface area contributed by atoms with Gasteiger partial charge in [-0.15, -0.1) is 0 Å². The Hall–Kier alpha value is -1.78. The molecule has 4 saturated carbocycles. The van der Waals surface area contributed by atoms with E-state index < -0.39 is 0 Å². The Morgan fingerprint density at radius 2 is 1.67 bits per heavy atom. The Bertz CT molecular complexity index is 659. The lowest BCUT2D eigenvalue weighted by Crippen LogP contribution is -2.50. The van der Waals surface area contributed by atoms with Crippen molar-refractivity contribution in [2.45, 2.75) is 51.4 Å². The van der Waals surface area contributed by atoms with Crippen LogP contribution in [0.2, 0.25) is 0 Å². The lowest BCUT2D eigenvalue weighted by molar-refractivity contribution is -0.133. The van der Waals surface area contributed by atoms with E-state index in [1.807, 2.05) is 6.07 Å². The minimum Gasteiger partial charge on any atom is -0.506 e. The maximum Gasteiger partial charge on any atom is 0.222 e. The van der Waals surface area contributed by atoms with E-state index in [1.54, 1.807) is 6.07 Å². The van der Waals surface area contributed by atoms with Crippen molar-refractivity contribution in [1.29, 1.82) is 0 Å². The predicted octanol–water partition coefficient (Wildman–Crippen LogP) is 3.43. The van der Waals surface area contributed by atoms with Crippen LogP contribution in [-0.4, -0.2) is 47.1 Å². The third-order valence-corrected chi connectivity index (χ3v) is 7.72. The van der Waals surface area contributed by atoms with E-state index in [9.17, 15) is 9.90 Å². The maximum atomic E-state index is 12.8. The molecule has 0 atom stereocenters. The van der Waals surface area contributed by atoms with Crippen molar-refractivity contribution in [3.63, 3.8) is 0 Å². The molecule has 4 bridgehead atoms. The second-order valence-corrected chi connectivity index (χ2v) is 9.66. The van der Waals surface area contributed by atoms with E-state index in [4.69, 9.17) is 0 Å². The van der Waals surface area contributed by atoms with E-state index in [1.165, 1.54) is 44.7 Å². The van der Waals surface area contributed by atoms with Crippen LogP contribution in [-0.2, 0) is 4.79 Å². The average molecular weight is 370 g/mol. The number of aromatic hydroxyl groups is 1. The lowest BCUT2D eigenvalue weighted by Gasteiger charge is -2.57. The fourth-order valence-electron chi connectivity index (χ4n) is 6.88. The first-order chi connectivity index (χ1) is 13.1. The fraction of sp³-hybridized carbons (Fsp3) is 0.727. The van der Waals surface area contributed by atoms with Gasteiger partial charge in [0.25, 0.3) is 0 Å². The standard InChI is InChI=1S/C22H31N3O2/c26-19-1-2-20(23-15-19)24-5-7-25(8-6-24)21(27)3-4-22-12-16-9-17(13-22)11-18(10-16)14-22/h1-2,15-18,26H,3-14H2. The third kappa shape index (κ3) is 3.41. The smallest absolute Gasteiger partial charge is 0.222 e. The second kappa shape index (κ2) is 6.68. The van der Waals surface area contributed by atoms with Gasteiger partial charge in [0.15, 0.2) is 0 Å². The van der Waals surface area contributed by atoms with Crippen molar-refractivity contribution in [2.75, 3.05) is 31.1 Å². The van der Waals surface area contributed by atoms with Crippen molar-refractivity contribution in [3.05, 3.63) is 18.3 Å². The monoisotopic (exact) mass is 369 g/mol. The zero-order chi connectivity index (χ0) is 18.4. The van der Waals surface area contributed by atoms with Crippen molar-refractivity contribution >= 4 is 11.7 Å². The number of carbonyl (C=O) groups excluding carboxylic acids is 1. The Labute approximate surface area is 161 Å². The summed E-state index contributed by atoms with van der Waals surface area (Å²) in [7, 11) is 0. The zero-order valence-corrected chi connectivity index (χ0v) is 16.1. The van der Waals surface area contributed by atoms with Gasteiger partial charge in [-0.25, -0.2) is 4.98 Å². The molecule has 1 N–H and O–H groups in total. The Morgan fingerprint density at radius 1 is 1.04 bits per heavy atom. The summed E-state index contributed by atoms with van der Waals surface area (Å²) in [5.74, 6) is 4.32. The summed E-state index contributed by atoms with van der Waals surface area (Å²) in [5, 5.41) is 9.38. The number of piperazine rings is 1. The number of hydrogen-bond acceptors (Lipinski definition) is 4. The molecule has 5 nitrogen and oxygen atoms in total. The Kier molecular flexibility index (Phi) is 4.29. The van der Waals surface area contributed by atoms with Gasteiger partial charge in [-0.3, -0.25) is 4.79 Å². The molecule has 1 aromatic rings. The molecular formula is C22H31N3O2. The van der Waals surface area contributed by atoms with E-state index >= 15 is 0 Å². The van der Waals surface area contributed by atoms with Gasteiger partial charge in [-0.1, -0.05) is 0 Å². The SMILES string of the molecule is O=C(CCC12CC3CC(CC(C3)C1)C2)N1CCN(c2ccc(O)cn2)CC1. The molecule has 1 saturated heterocycles. The summed E-state index contributed by atoms with van der Waals surface area (Å²) in [5.41, 5.74) is 0.502. The van der Waals surface area contributed by atoms with Crippen molar-refractivity contribution < 1.29 is 9.90 Å². The van der Waals surface area contributed by atoms with E-state index in [0.29, 0.717) is 11.3 Å². The molecule has 6 rings (SSSR count). The zero-order valence-electron chi connectivity index (χ0n) is 16.1. The Balaban J connectivity index is 1.13. The van der Waals surface area contributed by atoms with Crippen LogP contribution in [0.1, 0.15) is 51.4 Å². The predicted molar refractivity (Wildman–Crippen MR) is 105 cm³/mol. The van der Waals surface area contributed by atoms with E-state index in [2.05, 4.69) is 14.8 Å². The summed E-state index contributed by atoms with van der Waals surface area (Å²) in [6.07, 6.45) is 11.9. The first kappa shape index (κ1) is 17.3. The molecule has 27 heavy (non-hydrogen) atoms. The van der Waals surface area contributed by atoms with Gasteiger partial charge in [-0.2, -0.15) is 0 Å². The molecule has 5 heteroatoms. The quantitative estimate of drug-likeness (QED) is 0.883. The lowest BCUT2D eigenvalue weighted by atomic mass is 9.48. The van der Waals surface area contributed by atoms with Crippen LogP contribution in [0.5, 0.6) is 5.75 Å². The van der Waals surface area contributed by atoms with Crippen molar-refractivity contribution in [1.82, 2.24) is 9.88 Å².